The van der Waals surface area contributed by atoms with Gasteiger partial charge in [0.1, 0.15) is 11.5 Å². The first-order valence-corrected chi connectivity index (χ1v) is 6.61. The van der Waals surface area contributed by atoms with E-state index in [-0.39, 0.29) is 5.69 Å². The molecule has 1 nitrogen and oxygen atoms in total. The molecule has 1 saturated carbocycles. The number of hydrogen-bond donors (Lipinski definition) is 1. The quantitative estimate of drug-likeness (QED) is 0.861. The standard InChI is InChI=1S/C16H14F3N/c17-13-7-14(18)16(15(19)8-13)20-9-10-2-1-3-12(6-10)11-4-5-11/h1-3,6-8,11,20H,4-5,9H2. The molecule has 2 aromatic carbocycles. The molecule has 0 saturated heterocycles. The van der Waals surface area contributed by atoms with E-state index in [0.717, 1.165) is 5.56 Å². The third-order valence-electron chi connectivity index (χ3n) is 3.48. The summed E-state index contributed by atoms with van der Waals surface area (Å²) in [5, 5.41) is 2.69. The van der Waals surface area contributed by atoms with Crippen molar-refractivity contribution in [3.05, 3.63) is 65.0 Å². The summed E-state index contributed by atoms with van der Waals surface area (Å²) in [6.07, 6.45) is 2.41. The Morgan fingerprint density at radius 3 is 2.35 bits per heavy atom. The zero-order valence-corrected chi connectivity index (χ0v) is 10.8. The van der Waals surface area contributed by atoms with E-state index in [1.165, 1.54) is 18.4 Å². The second-order valence-electron chi connectivity index (χ2n) is 5.12. The van der Waals surface area contributed by atoms with Crippen molar-refractivity contribution in [2.24, 2.45) is 0 Å². The molecular formula is C16H14F3N. The molecule has 3 rings (SSSR count). The summed E-state index contributed by atoms with van der Waals surface area (Å²) in [6, 6.07) is 9.31. The van der Waals surface area contributed by atoms with E-state index in [0.29, 0.717) is 24.6 Å². The average molecular weight is 277 g/mol. The largest absolute Gasteiger partial charge is 0.376 e. The van der Waals surface area contributed by atoms with Crippen molar-refractivity contribution in [3.8, 4) is 0 Å². The third-order valence-corrected chi connectivity index (χ3v) is 3.48. The van der Waals surface area contributed by atoms with Crippen LogP contribution in [0.4, 0.5) is 18.9 Å². The Kier molecular flexibility index (Phi) is 3.38. The lowest BCUT2D eigenvalue weighted by atomic mass is 10.1. The number of benzene rings is 2. The Morgan fingerprint density at radius 1 is 1.00 bits per heavy atom. The molecule has 0 aliphatic heterocycles. The first-order valence-electron chi connectivity index (χ1n) is 6.61. The van der Waals surface area contributed by atoms with Gasteiger partial charge in [0.2, 0.25) is 0 Å². The second kappa shape index (κ2) is 5.19. The van der Waals surface area contributed by atoms with Gasteiger partial charge in [0.15, 0.2) is 11.6 Å². The molecule has 0 aromatic heterocycles. The first kappa shape index (κ1) is 13.0. The second-order valence-corrected chi connectivity index (χ2v) is 5.12. The number of rotatable bonds is 4. The fourth-order valence-electron chi connectivity index (χ4n) is 2.28. The zero-order valence-electron chi connectivity index (χ0n) is 10.8. The van der Waals surface area contributed by atoms with Gasteiger partial charge in [-0.15, -0.1) is 0 Å². The Morgan fingerprint density at radius 2 is 1.70 bits per heavy atom. The number of nitrogens with one attached hydrogen (secondary N) is 1. The molecule has 0 spiro atoms. The summed E-state index contributed by atoms with van der Waals surface area (Å²) < 4.78 is 39.8. The van der Waals surface area contributed by atoms with Gasteiger partial charge in [0.05, 0.1) is 0 Å². The van der Waals surface area contributed by atoms with Crippen LogP contribution in [0.3, 0.4) is 0 Å². The maximum Gasteiger partial charge on any atom is 0.152 e. The minimum atomic E-state index is -0.916. The van der Waals surface area contributed by atoms with Crippen molar-refractivity contribution in [2.75, 3.05) is 5.32 Å². The Bertz CT molecular complexity index is 612. The Balaban J connectivity index is 1.74. The van der Waals surface area contributed by atoms with E-state index in [9.17, 15) is 13.2 Å². The highest BCUT2D eigenvalue weighted by Gasteiger charge is 2.23. The molecule has 1 aliphatic rings. The van der Waals surface area contributed by atoms with E-state index in [1.807, 2.05) is 18.2 Å². The summed E-state index contributed by atoms with van der Waals surface area (Å²) in [4.78, 5) is 0. The fraction of sp³-hybridized carbons (Fsp3) is 0.250. The van der Waals surface area contributed by atoms with Crippen LogP contribution in [0.15, 0.2) is 36.4 Å². The molecule has 20 heavy (non-hydrogen) atoms. The molecule has 0 radical (unpaired) electrons. The van der Waals surface area contributed by atoms with Crippen molar-refractivity contribution < 1.29 is 13.2 Å². The summed E-state index contributed by atoms with van der Waals surface area (Å²) in [5.74, 6) is -2.11. The molecule has 1 fully saturated rings. The molecule has 0 unspecified atom stereocenters. The SMILES string of the molecule is Fc1cc(F)c(NCc2cccc(C3CC3)c2)c(F)c1. The summed E-state index contributed by atoms with van der Waals surface area (Å²) in [7, 11) is 0. The van der Waals surface area contributed by atoms with Gasteiger partial charge in [-0.3, -0.25) is 0 Å². The maximum atomic E-state index is 13.5. The van der Waals surface area contributed by atoms with Crippen molar-refractivity contribution in [2.45, 2.75) is 25.3 Å². The molecule has 2 aromatic rings. The minimum absolute atomic E-state index is 0.289. The molecular weight excluding hydrogens is 263 g/mol. The van der Waals surface area contributed by atoms with Gasteiger partial charge in [-0.25, -0.2) is 13.2 Å². The molecule has 4 heteroatoms. The Labute approximate surface area is 115 Å². The maximum absolute atomic E-state index is 13.5. The highest BCUT2D eigenvalue weighted by Crippen LogP contribution is 2.40. The summed E-state index contributed by atoms with van der Waals surface area (Å²) in [5.41, 5.74) is 1.94. The minimum Gasteiger partial charge on any atom is -0.376 e. The topological polar surface area (TPSA) is 12.0 Å². The number of hydrogen-bond acceptors (Lipinski definition) is 1. The fourth-order valence-corrected chi connectivity index (χ4v) is 2.28. The summed E-state index contributed by atoms with van der Waals surface area (Å²) >= 11 is 0. The molecule has 1 aliphatic carbocycles. The smallest absolute Gasteiger partial charge is 0.152 e. The number of halogens is 3. The van der Waals surface area contributed by atoms with Crippen LogP contribution in [0.5, 0.6) is 0 Å². The lowest BCUT2D eigenvalue weighted by Gasteiger charge is -2.10. The first-order chi connectivity index (χ1) is 9.63. The average Bonchev–Trinajstić information content (AvgIpc) is 3.22. The monoisotopic (exact) mass is 277 g/mol. The molecule has 0 heterocycles. The van der Waals surface area contributed by atoms with Crippen LogP contribution in [0.1, 0.15) is 29.9 Å². The lowest BCUT2D eigenvalue weighted by molar-refractivity contribution is 0.547. The van der Waals surface area contributed by atoms with Gasteiger partial charge in [0, 0.05) is 18.7 Å². The predicted octanol–water partition coefficient (Wildman–Crippen LogP) is 4.59. The van der Waals surface area contributed by atoms with Crippen molar-refractivity contribution in [3.63, 3.8) is 0 Å². The van der Waals surface area contributed by atoms with E-state index in [4.69, 9.17) is 0 Å². The number of anilines is 1. The lowest BCUT2D eigenvalue weighted by Crippen LogP contribution is -2.04. The third kappa shape index (κ3) is 2.79. The van der Waals surface area contributed by atoms with Crippen LogP contribution in [0.25, 0.3) is 0 Å². The van der Waals surface area contributed by atoms with Crippen LogP contribution in [0, 0.1) is 17.5 Å². The van der Waals surface area contributed by atoms with Crippen molar-refractivity contribution >= 4 is 5.69 Å². The highest BCUT2D eigenvalue weighted by atomic mass is 19.1. The van der Waals surface area contributed by atoms with Gasteiger partial charge in [-0.1, -0.05) is 24.3 Å². The van der Waals surface area contributed by atoms with E-state index < -0.39 is 17.5 Å². The van der Waals surface area contributed by atoms with Crippen LogP contribution in [-0.2, 0) is 6.54 Å². The van der Waals surface area contributed by atoms with Gasteiger partial charge < -0.3 is 5.32 Å². The van der Waals surface area contributed by atoms with Crippen LogP contribution >= 0.6 is 0 Å². The summed E-state index contributed by atoms with van der Waals surface area (Å²) in [6.45, 7) is 0.306. The van der Waals surface area contributed by atoms with Crippen molar-refractivity contribution in [1.29, 1.82) is 0 Å². The molecule has 104 valence electrons. The van der Waals surface area contributed by atoms with Crippen LogP contribution in [-0.4, -0.2) is 0 Å². The van der Waals surface area contributed by atoms with Crippen LogP contribution in [0.2, 0.25) is 0 Å². The molecule has 0 atom stereocenters. The van der Waals surface area contributed by atoms with E-state index >= 15 is 0 Å². The molecule has 0 bridgehead atoms. The van der Waals surface area contributed by atoms with E-state index in [2.05, 4.69) is 11.4 Å². The highest BCUT2D eigenvalue weighted by molar-refractivity contribution is 5.47. The predicted molar refractivity (Wildman–Crippen MR) is 72.1 cm³/mol. The normalized spacial score (nSPS) is 14.3. The Hall–Kier alpha value is -1.97. The van der Waals surface area contributed by atoms with Crippen molar-refractivity contribution in [1.82, 2.24) is 0 Å². The molecule has 0 amide bonds. The molecule has 1 N–H and O–H groups in total. The van der Waals surface area contributed by atoms with Gasteiger partial charge in [-0.05, 0) is 29.9 Å². The zero-order chi connectivity index (χ0) is 14.1. The van der Waals surface area contributed by atoms with Gasteiger partial charge in [0.25, 0.3) is 0 Å². The van der Waals surface area contributed by atoms with Gasteiger partial charge >= 0.3 is 0 Å². The van der Waals surface area contributed by atoms with Crippen LogP contribution < -0.4 is 5.32 Å². The van der Waals surface area contributed by atoms with Gasteiger partial charge in [-0.2, -0.15) is 0 Å². The van der Waals surface area contributed by atoms with E-state index in [1.54, 1.807) is 0 Å².